The van der Waals surface area contributed by atoms with E-state index in [9.17, 15) is 13.2 Å². The van der Waals surface area contributed by atoms with Gasteiger partial charge < -0.3 is 10.5 Å². The second-order valence-corrected chi connectivity index (χ2v) is 6.63. The van der Waals surface area contributed by atoms with Crippen LogP contribution in [0.2, 0.25) is 0 Å². The normalized spacial score (nSPS) is 19.7. The summed E-state index contributed by atoms with van der Waals surface area (Å²) in [5.41, 5.74) is 6.05. The zero-order chi connectivity index (χ0) is 15.0. The number of thioether (sulfide) groups is 1. The molecule has 3 rings (SSSR count). The van der Waals surface area contributed by atoms with Gasteiger partial charge in [0.25, 0.3) is 0 Å². The van der Waals surface area contributed by atoms with Crippen molar-refractivity contribution in [1.82, 2.24) is 4.98 Å². The average molecular weight is 332 g/mol. The first-order valence-electron chi connectivity index (χ1n) is 6.12. The zero-order valence-corrected chi connectivity index (χ0v) is 12.3. The predicted octanol–water partition coefficient (Wildman–Crippen LogP) is 3.72. The highest BCUT2D eigenvalue weighted by Crippen LogP contribution is 2.40. The highest BCUT2D eigenvalue weighted by Gasteiger charge is 2.36. The van der Waals surface area contributed by atoms with Crippen LogP contribution in [0.25, 0.3) is 0 Å². The molecule has 0 saturated carbocycles. The molecule has 0 aliphatic carbocycles. The highest BCUT2D eigenvalue weighted by atomic mass is 32.2. The third-order valence-corrected chi connectivity index (χ3v) is 5.31. The minimum atomic E-state index is -4.43. The van der Waals surface area contributed by atoms with Gasteiger partial charge in [0.05, 0.1) is 6.04 Å². The lowest BCUT2D eigenvalue weighted by Crippen LogP contribution is -2.34. The summed E-state index contributed by atoms with van der Waals surface area (Å²) in [5, 5.41) is -0.878. The fourth-order valence-corrected chi connectivity index (χ4v) is 3.86. The lowest BCUT2D eigenvalue weighted by atomic mass is 10.1. The van der Waals surface area contributed by atoms with Crippen LogP contribution in [0.1, 0.15) is 15.9 Å². The van der Waals surface area contributed by atoms with Gasteiger partial charge in [-0.1, -0.05) is 12.1 Å². The van der Waals surface area contributed by atoms with Crippen molar-refractivity contribution in [3.05, 3.63) is 40.3 Å². The molecular weight excluding hydrogens is 321 g/mol. The van der Waals surface area contributed by atoms with Crippen LogP contribution in [0.3, 0.4) is 0 Å². The van der Waals surface area contributed by atoms with Crippen molar-refractivity contribution in [3.8, 4) is 5.75 Å². The van der Waals surface area contributed by atoms with Crippen molar-refractivity contribution < 1.29 is 17.9 Å². The van der Waals surface area contributed by atoms with Gasteiger partial charge >= 0.3 is 6.18 Å². The van der Waals surface area contributed by atoms with E-state index in [1.54, 1.807) is 11.8 Å². The van der Waals surface area contributed by atoms with Crippen LogP contribution in [0.15, 0.2) is 35.4 Å². The number of para-hydroxylation sites is 1. The molecule has 0 radical (unpaired) electrons. The Hall–Kier alpha value is -1.25. The number of rotatable bonds is 2. The van der Waals surface area contributed by atoms with Crippen LogP contribution >= 0.6 is 23.1 Å². The third-order valence-electron chi connectivity index (χ3n) is 3.03. The van der Waals surface area contributed by atoms with E-state index < -0.39 is 17.2 Å². The summed E-state index contributed by atoms with van der Waals surface area (Å²) < 4.78 is 43.5. The van der Waals surface area contributed by atoms with Crippen molar-refractivity contribution in [2.45, 2.75) is 23.2 Å². The van der Waals surface area contributed by atoms with E-state index in [4.69, 9.17) is 10.5 Å². The molecule has 1 aliphatic rings. The van der Waals surface area contributed by atoms with E-state index in [2.05, 4.69) is 4.98 Å². The Labute approximate surface area is 127 Å². The number of hydrogen-bond donors (Lipinski definition) is 1. The summed E-state index contributed by atoms with van der Waals surface area (Å²) >= 11 is 2.16. The summed E-state index contributed by atoms with van der Waals surface area (Å²) in [5.74, 6) is 1.31. The number of fused-ring (bicyclic) bond motifs is 1. The lowest BCUT2D eigenvalue weighted by Gasteiger charge is -2.29. The van der Waals surface area contributed by atoms with Crippen LogP contribution in [0.4, 0.5) is 13.2 Å². The molecule has 21 heavy (non-hydrogen) atoms. The van der Waals surface area contributed by atoms with Gasteiger partial charge in [-0.25, -0.2) is 4.98 Å². The first-order chi connectivity index (χ1) is 9.95. The number of nitrogens with two attached hydrogens (primary N) is 1. The van der Waals surface area contributed by atoms with Gasteiger partial charge in [-0.15, -0.1) is 23.1 Å². The van der Waals surface area contributed by atoms with E-state index >= 15 is 0 Å². The maximum Gasteiger partial charge on any atom is 0.443 e. The monoisotopic (exact) mass is 332 g/mol. The Kier molecular flexibility index (Phi) is 3.85. The van der Waals surface area contributed by atoms with Gasteiger partial charge in [0.15, 0.2) is 5.01 Å². The van der Waals surface area contributed by atoms with E-state index in [1.165, 1.54) is 6.20 Å². The molecule has 3 nitrogen and oxygen atoms in total. The van der Waals surface area contributed by atoms with E-state index in [1.807, 2.05) is 24.3 Å². The standard InChI is InChI=1S/C13H11F3N2OS2/c14-13(15,16)12-18-5-10(21-12)11(17)8-6-20-9-4-2-1-3-7(9)19-8/h1-5,8,11H,6,17H2. The van der Waals surface area contributed by atoms with Crippen molar-refractivity contribution in [2.75, 3.05) is 5.75 Å². The number of benzene rings is 1. The van der Waals surface area contributed by atoms with Gasteiger partial charge in [-0.3, -0.25) is 0 Å². The summed E-state index contributed by atoms with van der Waals surface area (Å²) in [6, 6.07) is 6.90. The Morgan fingerprint density at radius 3 is 2.81 bits per heavy atom. The number of hydrogen-bond acceptors (Lipinski definition) is 5. The zero-order valence-electron chi connectivity index (χ0n) is 10.6. The summed E-state index contributed by atoms with van der Waals surface area (Å²) in [4.78, 5) is 4.80. The van der Waals surface area contributed by atoms with E-state index in [0.29, 0.717) is 22.0 Å². The quantitative estimate of drug-likeness (QED) is 0.911. The van der Waals surface area contributed by atoms with Gasteiger partial charge in [-0.2, -0.15) is 13.2 Å². The third kappa shape index (κ3) is 3.02. The molecule has 112 valence electrons. The molecule has 0 spiro atoms. The number of ether oxygens (including phenoxy) is 1. The Balaban J connectivity index is 1.77. The maximum atomic E-state index is 12.6. The number of thiazole rings is 1. The van der Waals surface area contributed by atoms with Gasteiger partial charge in [0, 0.05) is 21.7 Å². The Bertz CT molecular complexity index is 644. The van der Waals surface area contributed by atoms with Gasteiger partial charge in [0.1, 0.15) is 11.9 Å². The predicted molar refractivity (Wildman–Crippen MR) is 75.6 cm³/mol. The second-order valence-electron chi connectivity index (χ2n) is 4.51. The molecule has 0 fully saturated rings. The molecule has 2 unspecified atom stereocenters. The molecule has 2 atom stereocenters. The Morgan fingerprint density at radius 2 is 2.10 bits per heavy atom. The molecular formula is C13H11F3N2OS2. The highest BCUT2D eigenvalue weighted by molar-refractivity contribution is 7.99. The molecule has 2 N–H and O–H groups in total. The van der Waals surface area contributed by atoms with E-state index in [0.717, 1.165) is 10.6 Å². The van der Waals surface area contributed by atoms with Gasteiger partial charge in [-0.05, 0) is 12.1 Å². The van der Waals surface area contributed by atoms with Crippen LogP contribution in [-0.2, 0) is 6.18 Å². The Morgan fingerprint density at radius 1 is 1.33 bits per heavy atom. The number of alkyl halides is 3. The summed E-state index contributed by atoms with van der Waals surface area (Å²) in [6.45, 7) is 0. The van der Waals surface area contributed by atoms with Crippen molar-refractivity contribution in [3.63, 3.8) is 0 Å². The molecule has 1 aromatic heterocycles. The van der Waals surface area contributed by atoms with Crippen LogP contribution < -0.4 is 10.5 Å². The smallest absolute Gasteiger partial charge is 0.443 e. The first-order valence-corrected chi connectivity index (χ1v) is 7.92. The van der Waals surface area contributed by atoms with Crippen LogP contribution in [-0.4, -0.2) is 16.8 Å². The van der Waals surface area contributed by atoms with Crippen molar-refractivity contribution in [1.29, 1.82) is 0 Å². The van der Waals surface area contributed by atoms with Crippen LogP contribution in [0.5, 0.6) is 5.75 Å². The maximum absolute atomic E-state index is 12.6. The van der Waals surface area contributed by atoms with Crippen molar-refractivity contribution in [2.24, 2.45) is 5.73 Å². The second kappa shape index (κ2) is 5.51. The summed E-state index contributed by atoms with van der Waals surface area (Å²) in [7, 11) is 0. The SMILES string of the molecule is NC(c1cnc(C(F)(F)F)s1)C1CSc2ccccc2O1. The topological polar surface area (TPSA) is 48.1 Å². The number of nitrogens with zero attached hydrogens (tertiary/aromatic N) is 1. The molecule has 0 amide bonds. The molecule has 0 bridgehead atoms. The molecule has 8 heteroatoms. The minimum Gasteiger partial charge on any atom is -0.486 e. The summed E-state index contributed by atoms with van der Waals surface area (Å²) in [6.07, 6.45) is -3.61. The molecule has 0 saturated heterocycles. The van der Waals surface area contributed by atoms with Crippen LogP contribution in [0, 0.1) is 0 Å². The first kappa shape index (κ1) is 14.7. The largest absolute Gasteiger partial charge is 0.486 e. The number of aromatic nitrogens is 1. The van der Waals surface area contributed by atoms with Crippen molar-refractivity contribution >= 4 is 23.1 Å². The van der Waals surface area contributed by atoms with E-state index in [-0.39, 0.29) is 6.10 Å². The molecule has 1 aliphatic heterocycles. The average Bonchev–Trinajstić information content (AvgIpc) is 2.96. The number of halogens is 3. The lowest BCUT2D eigenvalue weighted by molar-refractivity contribution is -0.137. The minimum absolute atomic E-state index is 0.369. The fraction of sp³-hybridized carbons (Fsp3) is 0.308. The fourth-order valence-electron chi connectivity index (χ4n) is 1.97. The molecule has 1 aromatic carbocycles. The molecule has 2 aromatic rings. The van der Waals surface area contributed by atoms with Gasteiger partial charge in [0.2, 0.25) is 0 Å². The molecule has 2 heterocycles.